The van der Waals surface area contributed by atoms with Crippen molar-refractivity contribution in [3.8, 4) is 0 Å². The van der Waals surface area contributed by atoms with E-state index in [0.29, 0.717) is 0 Å². The summed E-state index contributed by atoms with van der Waals surface area (Å²) in [4.78, 5) is 0. The van der Waals surface area contributed by atoms with Gasteiger partial charge in [-0.15, -0.1) is 0 Å². The van der Waals surface area contributed by atoms with Crippen LogP contribution in [0.5, 0.6) is 0 Å². The fourth-order valence-electron chi connectivity index (χ4n) is 2.19. The van der Waals surface area contributed by atoms with Crippen molar-refractivity contribution in [2.45, 2.75) is 104 Å². The van der Waals surface area contributed by atoms with Crippen LogP contribution < -0.4 is 0 Å². The molecule has 0 fully saturated rings. The van der Waals surface area contributed by atoms with Crippen LogP contribution in [0.4, 0.5) is 0 Å². The van der Waals surface area contributed by atoms with Gasteiger partial charge in [0.15, 0.2) is 0 Å². The molecule has 126 valence electrons. The Balaban J connectivity index is 0. The molecule has 0 aliphatic carbocycles. The first kappa shape index (κ1) is 24.7. The van der Waals surface area contributed by atoms with Crippen molar-refractivity contribution in [3.63, 3.8) is 0 Å². The van der Waals surface area contributed by atoms with Crippen LogP contribution in [0.25, 0.3) is 0 Å². The van der Waals surface area contributed by atoms with Crippen LogP contribution in [0.3, 0.4) is 0 Å². The van der Waals surface area contributed by atoms with Gasteiger partial charge in [0.25, 0.3) is 0 Å². The average Bonchev–Trinajstić information content (AvgIpc) is 2.39. The minimum atomic E-state index is -2.32. The Morgan fingerprint density at radius 2 is 1.14 bits per heavy atom. The summed E-state index contributed by atoms with van der Waals surface area (Å²) in [6.45, 7) is 8.39. The first-order valence-corrected chi connectivity index (χ1v) is 9.69. The first-order valence-electron chi connectivity index (χ1n) is 8.47. The molecule has 0 aromatic heterocycles. The summed E-state index contributed by atoms with van der Waals surface area (Å²) in [6, 6.07) is 0. The van der Waals surface area contributed by atoms with E-state index in [2.05, 4.69) is 13.8 Å². The zero-order valence-corrected chi connectivity index (χ0v) is 18.7. The Bertz CT molecular complexity index is 218. The fourth-order valence-corrected chi connectivity index (χ4v) is 3.14. The van der Waals surface area contributed by atoms with E-state index < -0.39 is 8.25 Å². The van der Waals surface area contributed by atoms with Gasteiger partial charge in [-0.2, -0.15) is 0 Å². The van der Waals surface area contributed by atoms with Gasteiger partial charge in [0.2, 0.25) is 0 Å². The zero-order chi connectivity index (χ0) is 15.2. The van der Waals surface area contributed by atoms with Crippen LogP contribution in [0, 0.1) is 40.8 Å². The van der Waals surface area contributed by atoms with E-state index in [1.165, 1.54) is 38.5 Å². The predicted molar refractivity (Wildman–Crippen MR) is 87.6 cm³/mol. The smallest absolute Gasteiger partial charge is 0.308 e. The molecule has 3 nitrogen and oxygen atoms in total. The van der Waals surface area contributed by atoms with Crippen LogP contribution >= 0.6 is 8.25 Å². The third-order valence-electron chi connectivity index (χ3n) is 3.52. The van der Waals surface area contributed by atoms with E-state index in [1.54, 1.807) is 0 Å². The SMILES string of the molecule is CCCCCCC(C)O[PH](=O)OC(C)CCCCCC.[Nd]. The second-order valence-electron chi connectivity index (χ2n) is 5.81. The van der Waals surface area contributed by atoms with E-state index in [0.717, 1.165) is 25.7 Å². The second-order valence-corrected chi connectivity index (χ2v) is 6.78. The number of hydrogen-bond donors (Lipinski definition) is 0. The van der Waals surface area contributed by atoms with Crippen LogP contribution in [-0.2, 0) is 13.6 Å². The van der Waals surface area contributed by atoms with Crippen LogP contribution in [0.1, 0.15) is 91.9 Å². The van der Waals surface area contributed by atoms with Crippen molar-refractivity contribution >= 4 is 8.25 Å². The van der Waals surface area contributed by atoms with Gasteiger partial charge < -0.3 is 9.05 Å². The standard InChI is InChI=1S/C16H35O3P.Nd/c1-5-7-9-11-13-15(3)18-20(17)19-16(4)14-12-10-8-6-2;/h15-16,20H,5-14H2,1-4H3;. The summed E-state index contributed by atoms with van der Waals surface area (Å²) in [6.07, 6.45) is 11.8. The monoisotopic (exact) mass is 448 g/mol. The Labute approximate surface area is 165 Å². The maximum absolute atomic E-state index is 11.8. The maximum Gasteiger partial charge on any atom is 0.319 e. The van der Waals surface area contributed by atoms with E-state index in [4.69, 9.17) is 9.05 Å². The molecule has 0 bridgehead atoms. The van der Waals surface area contributed by atoms with Crippen molar-refractivity contribution in [2.75, 3.05) is 0 Å². The van der Waals surface area contributed by atoms with Gasteiger partial charge in [-0.3, -0.25) is 4.57 Å². The summed E-state index contributed by atoms with van der Waals surface area (Å²) in [5.74, 6) is 0. The molecule has 0 rings (SSSR count). The summed E-state index contributed by atoms with van der Waals surface area (Å²) in [5.41, 5.74) is 0. The van der Waals surface area contributed by atoms with E-state index in [9.17, 15) is 4.57 Å². The maximum atomic E-state index is 11.8. The molecule has 21 heavy (non-hydrogen) atoms. The van der Waals surface area contributed by atoms with Crippen molar-refractivity contribution in [2.24, 2.45) is 0 Å². The van der Waals surface area contributed by atoms with E-state index in [-0.39, 0.29) is 53.0 Å². The van der Waals surface area contributed by atoms with Gasteiger partial charge in [-0.1, -0.05) is 65.2 Å². The van der Waals surface area contributed by atoms with Crippen molar-refractivity contribution in [3.05, 3.63) is 0 Å². The van der Waals surface area contributed by atoms with Crippen molar-refractivity contribution in [1.82, 2.24) is 0 Å². The Kier molecular flexibility index (Phi) is 21.0. The molecule has 2 atom stereocenters. The molecule has 0 heterocycles. The molecule has 2 unspecified atom stereocenters. The fraction of sp³-hybridized carbons (Fsp3) is 1.00. The normalized spacial score (nSPS) is 15.2. The van der Waals surface area contributed by atoms with Gasteiger partial charge in [-0.05, 0) is 26.7 Å². The molecule has 0 aliphatic heterocycles. The van der Waals surface area contributed by atoms with Gasteiger partial charge in [-0.25, -0.2) is 0 Å². The molecule has 0 saturated carbocycles. The molecule has 0 amide bonds. The Hall–Kier alpha value is 1.50. The molecule has 0 aromatic rings. The van der Waals surface area contributed by atoms with Crippen molar-refractivity contribution in [1.29, 1.82) is 0 Å². The predicted octanol–water partition coefficient (Wildman–Crippen LogP) is 6.13. The van der Waals surface area contributed by atoms with Gasteiger partial charge >= 0.3 is 8.25 Å². The molecule has 0 aromatic carbocycles. The van der Waals surface area contributed by atoms with Gasteiger partial charge in [0.1, 0.15) is 0 Å². The Morgan fingerprint density at radius 3 is 1.48 bits per heavy atom. The van der Waals surface area contributed by atoms with Gasteiger partial charge in [0, 0.05) is 40.8 Å². The Morgan fingerprint density at radius 1 is 0.762 bits per heavy atom. The topological polar surface area (TPSA) is 35.5 Å². The molecule has 0 radical (unpaired) electrons. The molecular weight excluding hydrogens is 415 g/mol. The quantitative estimate of drug-likeness (QED) is 0.236. The molecule has 0 saturated heterocycles. The minimum Gasteiger partial charge on any atom is -0.308 e. The molecule has 0 N–H and O–H groups in total. The third-order valence-corrected chi connectivity index (χ3v) is 4.71. The first-order chi connectivity index (χ1) is 9.60. The summed E-state index contributed by atoms with van der Waals surface area (Å²) in [7, 11) is -2.32. The largest absolute Gasteiger partial charge is 0.319 e. The third kappa shape index (κ3) is 17.7. The summed E-state index contributed by atoms with van der Waals surface area (Å²) >= 11 is 0. The van der Waals surface area contributed by atoms with E-state index >= 15 is 0 Å². The summed E-state index contributed by atoms with van der Waals surface area (Å²) < 4.78 is 22.7. The molecular formula is C16H35NdO3P. The minimum absolute atomic E-state index is 0. The molecule has 0 spiro atoms. The van der Waals surface area contributed by atoms with Crippen LogP contribution in [0.2, 0.25) is 0 Å². The number of unbranched alkanes of at least 4 members (excludes halogenated alkanes) is 6. The van der Waals surface area contributed by atoms with Crippen LogP contribution in [-0.4, -0.2) is 12.2 Å². The summed E-state index contributed by atoms with van der Waals surface area (Å²) in [5, 5.41) is 0. The van der Waals surface area contributed by atoms with Crippen LogP contribution in [0.15, 0.2) is 0 Å². The van der Waals surface area contributed by atoms with Crippen molar-refractivity contribution < 1.29 is 54.5 Å². The number of rotatable bonds is 14. The zero-order valence-electron chi connectivity index (χ0n) is 14.5. The molecule has 0 aliphatic rings. The molecule has 5 heteroatoms. The van der Waals surface area contributed by atoms with E-state index in [1.807, 2.05) is 13.8 Å². The number of hydrogen-bond acceptors (Lipinski definition) is 3. The second kappa shape index (κ2) is 17.8. The van der Waals surface area contributed by atoms with Gasteiger partial charge in [0.05, 0.1) is 12.2 Å². The average molecular weight is 451 g/mol.